The molecule has 0 spiro atoms. The van der Waals surface area contributed by atoms with Crippen LogP contribution in [0.15, 0.2) is 180 Å². The molecule has 0 unspecified atom stereocenters. The van der Waals surface area contributed by atoms with Crippen LogP contribution in [0.2, 0.25) is 0 Å². The van der Waals surface area contributed by atoms with Gasteiger partial charge in [0.25, 0.3) is 16.7 Å². The number of aromatic amines is 3. The summed E-state index contributed by atoms with van der Waals surface area (Å²) in [6, 6.07) is 49.7. The molecule has 6 aromatic heterocycles. The minimum absolute atomic E-state index is 0.344. The van der Waals surface area contributed by atoms with Gasteiger partial charge in [0.15, 0.2) is 33.5 Å². The Hall–Kier alpha value is -10.2. The summed E-state index contributed by atoms with van der Waals surface area (Å²) in [5.41, 5.74) is 5.35. The monoisotopic (exact) mass is 1210 g/mol. The molecule has 9 heterocycles. The van der Waals surface area contributed by atoms with Crippen molar-refractivity contribution in [1.82, 2.24) is 73.3 Å². The van der Waals surface area contributed by atoms with Crippen LogP contribution in [0.1, 0.15) is 40.7 Å². The summed E-state index contributed by atoms with van der Waals surface area (Å²) in [4.78, 5) is 105. The van der Waals surface area contributed by atoms with E-state index in [-0.39, 0.29) is 0 Å². The van der Waals surface area contributed by atoms with Crippen molar-refractivity contribution in [3.63, 3.8) is 0 Å². The van der Waals surface area contributed by atoms with Crippen molar-refractivity contribution in [2.24, 2.45) is 7.05 Å². The summed E-state index contributed by atoms with van der Waals surface area (Å²) in [6.45, 7) is 12.6. The fourth-order valence-electron chi connectivity index (χ4n) is 12.0. The number of piperazine rings is 1. The zero-order valence-corrected chi connectivity index (χ0v) is 50.4. The Balaban J connectivity index is 0.000000132. The van der Waals surface area contributed by atoms with E-state index < -0.39 is 33.7 Å². The molecule has 5 aromatic carbocycles. The summed E-state index contributed by atoms with van der Waals surface area (Å²) in [5.74, 6) is 2.21. The molecule has 464 valence electrons. The second kappa shape index (κ2) is 27.9. The van der Waals surface area contributed by atoms with E-state index in [2.05, 4.69) is 57.7 Å². The van der Waals surface area contributed by atoms with Crippen molar-refractivity contribution in [2.45, 2.75) is 52.0 Å². The van der Waals surface area contributed by atoms with E-state index in [1.54, 1.807) is 16.2 Å². The van der Waals surface area contributed by atoms with Crippen LogP contribution in [0, 0.1) is 0 Å². The van der Waals surface area contributed by atoms with Gasteiger partial charge >= 0.3 is 17.1 Å². The number of anilines is 3. The van der Waals surface area contributed by atoms with E-state index in [9.17, 15) is 28.8 Å². The first kappa shape index (κ1) is 60.1. The number of nitrogens with one attached hydrogen (secondary N) is 6. The molecule has 90 heavy (non-hydrogen) atoms. The molecule has 0 amide bonds. The highest BCUT2D eigenvalue weighted by atomic mass is 16.2. The Morgan fingerprint density at radius 1 is 0.344 bits per heavy atom. The summed E-state index contributed by atoms with van der Waals surface area (Å²) < 4.78 is 10.4. The maximum absolute atomic E-state index is 13.0. The number of hydrogen-bond donors (Lipinski definition) is 6. The zero-order valence-electron chi connectivity index (χ0n) is 50.4. The van der Waals surface area contributed by atoms with Gasteiger partial charge in [0.1, 0.15) is 0 Å². The Kier molecular flexibility index (Phi) is 18.6. The predicted octanol–water partition coefficient (Wildman–Crippen LogP) is 3.64. The first-order valence-electron chi connectivity index (χ1n) is 30.8. The number of aryl methyl sites for hydroxylation is 3. The number of aromatic nitrogens is 12. The van der Waals surface area contributed by atoms with E-state index in [0.717, 1.165) is 138 Å². The first-order valence-corrected chi connectivity index (χ1v) is 30.8. The highest BCUT2D eigenvalue weighted by Crippen LogP contribution is 2.26. The fraction of sp³-hybridized carbons (Fsp3) is 0.318. The van der Waals surface area contributed by atoms with Gasteiger partial charge < -0.3 is 35.2 Å². The Morgan fingerprint density at radius 2 is 0.656 bits per heavy atom. The molecule has 14 rings (SSSR count). The molecule has 3 saturated heterocycles. The minimum atomic E-state index is -0.448. The Labute approximate surface area is 516 Å². The predicted molar refractivity (Wildman–Crippen MR) is 352 cm³/mol. The molecule has 3 aliphatic heterocycles. The molecule has 3 fully saturated rings. The number of hydrogen-bond acceptors (Lipinski definition) is 15. The summed E-state index contributed by atoms with van der Waals surface area (Å²) in [5, 5.41) is 10.2. The third-order valence-corrected chi connectivity index (χ3v) is 16.6. The Bertz CT molecular complexity index is 4590. The molecule has 0 atom stereocenters. The van der Waals surface area contributed by atoms with Gasteiger partial charge in [-0.2, -0.15) is 15.0 Å². The summed E-state index contributed by atoms with van der Waals surface area (Å²) >= 11 is 0. The SMILES string of the molecule is Cn1c(=O)[nH]c(=O)c2c1nc(N1CCCNCC1)n2Cc1ccccc1.O=c1[nH]c(=O)n(Cc2ccccc2)c2nc(N3CCCNCC3)n(Cc3ccccc3)c12.O=c1[nH]c(=O)n(Cc2ccccc2)c2nc(N3CCNCC3)n(CCc3ccccc3)c12. The molecule has 24 nitrogen and oxygen atoms in total. The van der Waals surface area contributed by atoms with Crippen molar-refractivity contribution in [2.75, 3.05) is 93.2 Å². The molecule has 6 N–H and O–H groups in total. The standard InChI is InChI=1S/2C24H26N6O2.C18H22N6O2/c31-22-20-21(30(24(32)27-22)17-19-10-5-2-6-11-19)26-23(28-14-7-12-25-13-15-28)29(20)16-18-8-3-1-4-9-18;31-22-20-21(30(24(32)27-22)17-19-9-5-2-6-10-19)26-23(28-15-12-25-13-16-28)29(20)14-11-18-7-3-1-4-8-18;1-22-15-14(16(25)21-18(22)26)24(12-13-6-3-2-4-7-13)17(20-15)23-10-5-8-19-9-11-23/h1-6,8-11,25H,7,12-17H2,(H,27,31,32);1-10,25H,11-17H2,(H,27,31,32);2-4,6-7,19H,5,8-12H2,1H3,(H,21,25,26). The maximum atomic E-state index is 13.0. The molecule has 0 aliphatic carbocycles. The Morgan fingerprint density at radius 3 is 1.07 bits per heavy atom. The molecule has 0 radical (unpaired) electrons. The van der Waals surface area contributed by atoms with E-state index in [1.807, 2.05) is 153 Å². The molecule has 0 bridgehead atoms. The van der Waals surface area contributed by atoms with Gasteiger partial charge in [0.05, 0.1) is 26.2 Å². The van der Waals surface area contributed by atoms with Crippen LogP contribution in [0.25, 0.3) is 33.5 Å². The summed E-state index contributed by atoms with van der Waals surface area (Å²) in [7, 11) is 1.63. The van der Waals surface area contributed by atoms with Gasteiger partial charge in [-0.05, 0) is 60.2 Å². The van der Waals surface area contributed by atoms with Crippen LogP contribution in [-0.2, 0) is 46.2 Å². The number of imidazole rings is 3. The lowest BCUT2D eigenvalue weighted by atomic mass is 10.1. The molecule has 24 heteroatoms. The van der Waals surface area contributed by atoms with Gasteiger partial charge in [-0.25, -0.2) is 14.4 Å². The second-order valence-electron chi connectivity index (χ2n) is 22.7. The van der Waals surface area contributed by atoms with Crippen LogP contribution in [0.5, 0.6) is 0 Å². The van der Waals surface area contributed by atoms with Gasteiger partial charge in [0, 0.05) is 79.0 Å². The van der Waals surface area contributed by atoms with E-state index >= 15 is 0 Å². The number of benzene rings is 5. The molecule has 3 aliphatic rings. The average Bonchev–Trinajstić information content (AvgIpc) is 1.63. The third kappa shape index (κ3) is 13.4. The molecular weight excluding hydrogens is 1140 g/mol. The molecule has 11 aromatic rings. The quantitative estimate of drug-likeness (QED) is 0.0908. The van der Waals surface area contributed by atoms with Crippen LogP contribution >= 0.6 is 0 Å². The largest absolute Gasteiger partial charge is 0.341 e. The van der Waals surface area contributed by atoms with E-state index in [1.165, 1.54) is 10.1 Å². The lowest BCUT2D eigenvalue weighted by Gasteiger charge is -2.28. The highest BCUT2D eigenvalue weighted by molar-refractivity contribution is 5.77. The van der Waals surface area contributed by atoms with E-state index in [0.29, 0.717) is 66.2 Å². The lowest BCUT2D eigenvalue weighted by molar-refractivity contribution is 0.566. The second-order valence-corrected chi connectivity index (χ2v) is 22.7. The fourth-order valence-corrected chi connectivity index (χ4v) is 12.0. The van der Waals surface area contributed by atoms with Gasteiger partial charge in [-0.3, -0.25) is 52.2 Å². The summed E-state index contributed by atoms with van der Waals surface area (Å²) in [6.07, 6.45) is 2.76. The van der Waals surface area contributed by atoms with Crippen LogP contribution in [-0.4, -0.2) is 136 Å². The molecular formula is C66H74N18O6. The van der Waals surface area contributed by atoms with Crippen LogP contribution in [0.3, 0.4) is 0 Å². The van der Waals surface area contributed by atoms with Crippen molar-refractivity contribution >= 4 is 51.3 Å². The zero-order chi connectivity index (χ0) is 61.9. The highest BCUT2D eigenvalue weighted by Gasteiger charge is 2.27. The maximum Gasteiger partial charge on any atom is 0.330 e. The lowest BCUT2D eigenvalue weighted by Crippen LogP contribution is -2.44. The van der Waals surface area contributed by atoms with Crippen molar-refractivity contribution < 1.29 is 0 Å². The normalized spacial score (nSPS) is 14.7. The van der Waals surface area contributed by atoms with Gasteiger partial charge in [-0.1, -0.05) is 152 Å². The number of rotatable bonds is 14. The first-order chi connectivity index (χ1) is 44.1. The van der Waals surface area contributed by atoms with Gasteiger partial charge in [-0.15, -0.1) is 0 Å². The van der Waals surface area contributed by atoms with Crippen molar-refractivity contribution in [1.29, 1.82) is 0 Å². The van der Waals surface area contributed by atoms with Crippen molar-refractivity contribution in [3.8, 4) is 0 Å². The van der Waals surface area contributed by atoms with Gasteiger partial charge in [0.2, 0.25) is 17.8 Å². The minimum Gasteiger partial charge on any atom is -0.341 e. The van der Waals surface area contributed by atoms with Crippen molar-refractivity contribution in [3.05, 3.63) is 242 Å². The van der Waals surface area contributed by atoms with Crippen LogP contribution in [0.4, 0.5) is 17.8 Å². The topological polar surface area (TPSA) is 264 Å². The van der Waals surface area contributed by atoms with Crippen LogP contribution < -0.4 is 64.4 Å². The molecule has 0 saturated carbocycles. The number of fused-ring (bicyclic) bond motifs is 3. The smallest absolute Gasteiger partial charge is 0.330 e. The van der Waals surface area contributed by atoms with E-state index in [4.69, 9.17) is 15.0 Å². The number of H-pyrrole nitrogens is 3. The average molecular weight is 1220 g/mol. The number of nitrogens with zero attached hydrogens (tertiary/aromatic N) is 12. The third-order valence-electron chi connectivity index (χ3n) is 16.6.